The summed E-state index contributed by atoms with van der Waals surface area (Å²) in [4.78, 5) is 31.0. The highest BCUT2D eigenvalue weighted by atomic mass is 32.2. The molecule has 0 saturated heterocycles. The van der Waals surface area contributed by atoms with Crippen molar-refractivity contribution in [2.75, 3.05) is 77.8 Å². The molecular weight excluding hydrogens is 777 g/mol. The first-order chi connectivity index (χ1) is 28.2. The molecule has 1 aromatic heterocycles. The predicted octanol–water partition coefficient (Wildman–Crippen LogP) is 7.39. The van der Waals surface area contributed by atoms with Crippen molar-refractivity contribution in [1.29, 1.82) is 0 Å². The Labute approximate surface area is 345 Å². The molecule has 0 aliphatic rings. The van der Waals surface area contributed by atoms with Gasteiger partial charge >= 0.3 is 6.03 Å². The van der Waals surface area contributed by atoms with Gasteiger partial charge in [0, 0.05) is 60.6 Å². The van der Waals surface area contributed by atoms with E-state index in [1.807, 2.05) is 57.2 Å². The summed E-state index contributed by atoms with van der Waals surface area (Å²) in [5.41, 5.74) is 3.00. The van der Waals surface area contributed by atoms with Gasteiger partial charge < -0.3 is 44.4 Å². The molecule has 314 valence electrons. The number of hydrogen-bond donors (Lipinski definition) is 3. The Morgan fingerprint density at radius 1 is 0.746 bits per heavy atom. The fourth-order valence-corrected chi connectivity index (χ4v) is 7.00. The maximum atomic E-state index is 13.5. The van der Waals surface area contributed by atoms with Gasteiger partial charge in [-0.3, -0.25) is 9.78 Å². The number of pyridine rings is 1. The molecule has 15 heteroatoms. The van der Waals surface area contributed by atoms with Crippen LogP contribution in [0, 0.1) is 0 Å². The number of fused-ring (bicyclic) bond motifs is 1. The minimum absolute atomic E-state index is 0.0145. The number of rotatable bonds is 19. The molecule has 5 rings (SSSR count). The third-order valence-electron chi connectivity index (χ3n) is 9.11. The lowest BCUT2D eigenvalue weighted by atomic mass is 9.86. The van der Waals surface area contributed by atoms with Crippen molar-refractivity contribution < 1.29 is 46.4 Å². The zero-order chi connectivity index (χ0) is 42.6. The Morgan fingerprint density at radius 3 is 2.15 bits per heavy atom. The molecule has 3 amide bonds. The SMILES string of the molecule is COCCOCCOCCNC(=O)c1cc(Cc2cc(Oc3ccc(NC(=O)Nc4cc(C(C)(C)C)cc(S(C)(=O)=O)c4OC)c4ccccc34)ccn2)cc(OC)c1. The maximum Gasteiger partial charge on any atom is 0.323 e. The zero-order valence-corrected chi connectivity index (χ0v) is 35.3. The van der Waals surface area contributed by atoms with Gasteiger partial charge in [0.25, 0.3) is 5.91 Å². The minimum Gasteiger partial charge on any atom is -0.497 e. The number of ether oxygens (including phenoxy) is 6. The van der Waals surface area contributed by atoms with Crippen LogP contribution in [0.3, 0.4) is 0 Å². The van der Waals surface area contributed by atoms with Gasteiger partial charge in [-0.2, -0.15) is 0 Å². The van der Waals surface area contributed by atoms with E-state index < -0.39 is 21.3 Å². The van der Waals surface area contributed by atoms with Crippen molar-refractivity contribution in [3.05, 3.63) is 107 Å². The number of nitrogens with one attached hydrogen (secondary N) is 3. The number of methoxy groups -OCH3 is 3. The standard InChI is InChI=1S/C44H52N4O10S/c1-44(2,3)31-26-38(41(55-6)40(27-31)59(7,51)52)48-43(50)47-37-12-13-39(36-11-9-8-10-35(36)37)58-33-14-15-45-32(28-33)23-29-22-30(25-34(24-29)54-5)42(49)46-16-17-56-20-21-57-19-18-53-4/h8-15,22,24-28H,16-21,23H2,1-7H3,(H,46,49)(H2,47,48,50). The second kappa shape index (κ2) is 20.3. The third-order valence-corrected chi connectivity index (χ3v) is 10.2. The first kappa shape index (κ1) is 44.4. The highest BCUT2D eigenvalue weighted by Gasteiger charge is 2.25. The van der Waals surface area contributed by atoms with Gasteiger partial charge in [0.2, 0.25) is 0 Å². The Balaban J connectivity index is 1.28. The molecule has 0 bridgehead atoms. The van der Waals surface area contributed by atoms with Crippen molar-refractivity contribution in [3.8, 4) is 23.0 Å². The Morgan fingerprint density at radius 2 is 1.46 bits per heavy atom. The predicted molar refractivity (Wildman–Crippen MR) is 227 cm³/mol. The molecule has 0 unspecified atom stereocenters. The molecule has 5 aromatic rings. The van der Waals surface area contributed by atoms with E-state index in [1.54, 1.807) is 62.9 Å². The normalized spacial score (nSPS) is 11.6. The number of sulfone groups is 1. The van der Waals surface area contributed by atoms with Crippen molar-refractivity contribution in [3.63, 3.8) is 0 Å². The van der Waals surface area contributed by atoms with Crippen LogP contribution in [0.1, 0.15) is 48.0 Å². The van der Waals surface area contributed by atoms with Crippen molar-refractivity contribution >= 4 is 43.9 Å². The van der Waals surface area contributed by atoms with Crippen molar-refractivity contribution in [2.24, 2.45) is 0 Å². The fraction of sp³-hybridized carbons (Fsp3) is 0.341. The van der Waals surface area contributed by atoms with Crippen molar-refractivity contribution in [1.82, 2.24) is 10.3 Å². The van der Waals surface area contributed by atoms with E-state index in [9.17, 15) is 18.0 Å². The van der Waals surface area contributed by atoms with Gasteiger partial charge in [0.05, 0.1) is 58.6 Å². The van der Waals surface area contributed by atoms with E-state index in [-0.39, 0.29) is 22.2 Å². The Hall–Kier alpha value is -5.74. The molecule has 0 fully saturated rings. The third kappa shape index (κ3) is 12.4. The van der Waals surface area contributed by atoms with Crippen LogP contribution in [-0.4, -0.2) is 92.5 Å². The summed E-state index contributed by atoms with van der Waals surface area (Å²) in [6, 6.07) is 22.6. The van der Waals surface area contributed by atoms with Gasteiger partial charge in [-0.1, -0.05) is 45.0 Å². The summed E-state index contributed by atoms with van der Waals surface area (Å²) in [6.07, 6.45) is 3.16. The number of carbonyl (C=O) groups is 2. The smallest absolute Gasteiger partial charge is 0.323 e. The first-order valence-corrected chi connectivity index (χ1v) is 20.8. The fourth-order valence-electron chi connectivity index (χ4n) is 6.13. The number of amides is 3. The van der Waals surface area contributed by atoms with Gasteiger partial charge in [-0.25, -0.2) is 13.2 Å². The summed E-state index contributed by atoms with van der Waals surface area (Å²) in [5, 5.41) is 10.0. The molecule has 14 nitrogen and oxygen atoms in total. The van der Waals surface area contributed by atoms with E-state index in [4.69, 9.17) is 28.4 Å². The number of hydrogen-bond acceptors (Lipinski definition) is 11. The summed E-state index contributed by atoms with van der Waals surface area (Å²) in [5.74, 6) is 1.41. The lowest BCUT2D eigenvalue weighted by Gasteiger charge is -2.23. The monoisotopic (exact) mass is 828 g/mol. The van der Waals surface area contributed by atoms with Crippen LogP contribution in [0.15, 0.2) is 90.0 Å². The minimum atomic E-state index is -3.68. The zero-order valence-electron chi connectivity index (χ0n) is 34.5. The molecule has 1 heterocycles. The van der Waals surface area contributed by atoms with Crippen LogP contribution in [0.4, 0.5) is 16.2 Å². The summed E-state index contributed by atoms with van der Waals surface area (Å²) in [7, 11) is 0.845. The molecule has 0 spiro atoms. The van der Waals surface area contributed by atoms with E-state index in [0.29, 0.717) is 91.1 Å². The van der Waals surface area contributed by atoms with Gasteiger partial charge in [0.1, 0.15) is 22.1 Å². The number of aromatic nitrogens is 1. The van der Waals surface area contributed by atoms with Crippen LogP contribution >= 0.6 is 0 Å². The molecule has 3 N–H and O–H groups in total. The molecule has 0 atom stereocenters. The molecule has 0 saturated carbocycles. The quantitative estimate of drug-likeness (QED) is 0.0709. The highest BCUT2D eigenvalue weighted by molar-refractivity contribution is 7.90. The molecule has 0 aliphatic carbocycles. The van der Waals surface area contributed by atoms with Gasteiger partial charge in [-0.15, -0.1) is 0 Å². The van der Waals surface area contributed by atoms with E-state index in [0.717, 1.165) is 17.2 Å². The number of anilines is 2. The van der Waals surface area contributed by atoms with E-state index >= 15 is 0 Å². The second-order valence-corrected chi connectivity index (χ2v) is 16.6. The molecule has 0 aliphatic heterocycles. The first-order valence-electron chi connectivity index (χ1n) is 19.0. The van der Waals surface area contributed by atoms with Crippen LogP contribution in [0.25, 0.3) is 10.8 Å². The second-order valence-electron chi connectivity index (χ2n) is 14.6. The van der Waals surface area contributed by atoms with Gasteiger partial charge in [0.15, 0.2) is 15.6 Å². The lowest BCUT2D eigenvalue weighted by molar-refractivity contribution is 0.0255. The largest absolute Gasteiger partial charge is 0.497 e. The topological polar surface area (TPSA) is 173 Å². The number of carbonyl (C=O) groups excluding carboxylic acids is 2. The van der Waals surface area contributed by atoms with Crippen LogP contribution in [0.5, 0.6) is 23.0 Å². The lowest BCUT2D eigenvalue weighted by Crippen LogP contribution is -2.27. The number of nitrogens with zero attached hydrogens (tertiary/aromatic N) is 1. The van der Waals surface area contributed by atoms with Crippen LogP contribution in [-0.2, 0) is 35.9 Å². The molecule has 4 aromatic carbocycles. The average molecular weight is 829 g/mol. The Bertz CT molecular complexity index is 2360. The number of urea groups is 1. The van der Waals surface area contributed by atoms with Gasteiger partial charge in [-0.05, 0) is 65.1 Å². The molecular formula is C44H52N4O10S. The summed E-state index contributed by atoms with van der Waals surface area (Å²) >= 11 is 0. The average Bonchev–Trinajstić information content (AvgIpc) is 3.20. The van der Waals surface area contributed by atoms with Crippen LogP contribution < -0.4 is 30.2 Å². The number of benzene rings is 4. The molecule has 0 radical (unpaired) electrons. The van der Waals surface area contributed by atoms with Crippen molar-refractivity contribution in [2.45, 2.75) is 37.5 Å². The Kier molecular flexibility index (Phi) is 15.3. The highest BCUT2D eigenvalue weighted by Crippen LogP contribution is 2.39. The maximum absolute atomic E-state index is 13.5. The molecule has 59 heavy (non-hydrogen) atoms. The summed E-state index contributed by atoms with van der Waals surface area (Å²) < 4.78 is 58.7. The summed E-state index contributed by atoms with van der Waals surface area (Å²) in [6.45, 7) is 8.43. The van der Waals surface area contributed by atoms with E-state index in [2.05, 4.69) is 20.9 Å². The van der Waals surface area contributed by atoms with E-state index in [1.165, 1.54) is 7.11 Å². The van der Waals surface area contributed by atoms with Crippen LogP contribution in [0.2, 0.25) is 0 Å².